The van der Waals surface area contributed by atoms with Crippen molar-refractivity contribution in [1.29, 1.82) is 0 Å². The molecule has 0 bridgehead atoms. The Morgan fingerprint density at radius 2 is 2.03 bits per heavy atom. The van der Waals surface area contributed by atoms with Gasteiger partial charge in [-0.1, -0.05) is 24.1 Å². The monoisotopic (exact) mass is 545 g/mol. The highest BCUT2D eigenvalue weighted by Crippen LogP contribution is 2.50. The molecule has 0 aliphatic heterocycles. The van der Waals surface area contributed by atoms with Crippen molar-refractivity contribution in [3.05, 3.63) is 69.6 Å². The average Bonchev–Trinajstić information content (AvgIpc) is 3.38. The largest absolute Gasteiger partial charge is 0.508 e. The lowest BCUT2D eigenvalue weighted by Gasteiger charge is -2.27. The third-order valence-corrected chi connectivity index (χ3v) is 7.91. The van der Waals surface area contributed by atoms with Crippen LogP contribution in [0.5, 0.6) is 5.75 Å². The molecule has 0 spiro atoms. The summed E-state index contributed by atoms with van der Waals surface area (Å²) in [5.41, 5.74) is 0.848. The van der Waals surface area contributed by atoms with E-state index in [2.05, 4.69) is 9.71 Å². The van der Waals surface area contributed by atoms with Gasteiger partial charge < -0.3 is 19.5 Å². The predicted octanol–water partition coefficient (Wildman–Crippen LogP) is 4.49. The van der Waals surface area contributed by atoms with E-state index in [-0.39, 0.29) is 11.7 Å². The van der Waals surface area contributed by atoms with Gasteiger partial charge in [0.05, 0.1) is 18.2 Å². The SMILES string of the molecule is CNSCCCO.Cc1sc(CN(CCCc2ccco2)C(=O)C2(c3ccc(O)cc3)CC2)nc1C=O. The smallest absolute Gasteiger partial charge is 0.233 e. The standard InChI is InChI=1S/C23H24N2O4S.C4H11NOS/c1-16-20(15-26)24-21(30-16)14-25(12-2-4-19-5-3-13-29-19)22(28)23(10-11-23)17-6-8-18(27)9-7-17;1-5-7-4-2-3-6/h3,5-9,13,15,27H,2,4,10-12,14H2,1H3;5-6H,2-4H2,1H3. The number of aromatic hydroxyl groups is 1. The summed E-state index contributed by atoms with van der Waals surface area (Å²) in [4.78, 5) is 31.9. The number of benzene rings is 1. The highest BCUT2D eigenvalue weighted by Gasteiger charge is 2.53. The number of furan rings is 1. The van der Waals surface area contributed by atoms with Crippen LogP contribution in [0.4, 0.5) is 0 Å². The van der Waals surface area contributed by atoms with Crippen molar-refractivity contribution >= 4 is 35.5 Å². The van der Waals surface area contributed by atoms with Crippen LogP contribution in [-0.2, 0) is 23.2 Å². The fraction of sp³-hybridized carbons (Fsp3) is 0.444. The minimum atomic E-state index is -0.530. The molecule has 1 aliphatic rings. The third kappa shape index (κ3) is 8.16. The van der Waals surface area contributed by atoms with Crippen molar-refractivity contribution in [3.63, 3.8) is 0 Å². The Bertz CT molecular complexity index is 1110. The first-order valence-corrected chi connectivity index (χ1v) is 14.2. The Hall–Kier alpha value is -2.66. The molecule has 0 unspecified atom stereocenters. The number of hydrogen-bond donors (Lipinski definition) is 3. The summed E-state index contributed by atoms with van der Waals surface area (Å²) >= 11 is 3.08. The van der Waals surface area contributed by atoms with Crippen molar-refractivity contribution in [2.24, 2.45) is 0 Å². The maximum Gasteiger partial charge on any atom is 0.233 e. The summed E-state index contributed by atoms with van der Waals surface area (Å²) in [6.45, 7) is 3.13. The first kappa shape index (κ1) is 28.9. The number of phenols is 1. The van der Waals surface area contributed by atoms with Gasteiger partial charge in [0.1, 0.15) is 22.2 Å². The molecule has 200 valence electrons. The number of carbonyl (C=O) groups excluding carboxylic acids is 2. The third-order valence-electron chi connectivity index (χ3n) is 6.16. The fourth-order valence-electron chi connectivity index (χ4n) is 4.03. The van der Waals surface area contributed by atoms with Gasteiger partial charge in [-0.05, 0) is 69.5 Å². The predicted molar refractivity (Wildman–Crippen MR) is 147 cm³/mol. The molecule has 3 aromatic rings. The van der Waals surface area contributed by atoms with Crippen LogP contribution in [0.15, 0.2) is 47.1 Å². The van der Waals surface area contributed by atoms with Gasteiger partial charge in [-0.15, -0.1) is 11.3 Å². The Labute approximate surface area is 226 Å². The Morgan fingerprint density at radius 1 is 1.27 bits per heavy atom. The van der Waals surface area contributed by atoms with Gasteiger partial charge in [0, 0.05) is 30.2 Å². The zero-order chi connectivity index (χ0) is 26.7. The van der Waals surface area contributed by atoms with Crippen LogP contribution in [0.2, 0.25) is 0 Å². The number of nitrogens with zero attached hydrogens (tertiary/aromatic N) is 2. The quantitative estimate of drug-likeness (QED) is 0.163. The minimum Gasteiger partial charge on any atom is -0.508 e. The second-order valence-electron chi connectivity index (χ2n) is 8.84. The number of carbonyl (C=O) groups is 2. The molecule has 4 rings (SSSR count). The van der Waals surface area contributed by atoms with E-state index in [0.717, 1.165) is 65.4 Å². The minimum absolute atomic E-state index is 0.0770. The lowest BCUT2D eigenvalue weighted by molar-refractivity contribution is -0.134. The van der Waals surface area contributed by atoms with Crippen molar-refractivity contribution in [2.75, 3.05) is 26.0 Å². The van der Waals surface area contributed by atoms with Crippen LogP contribution < -0.4 is 4.72 Å². The van der Waals surface area contributed by atoms with Gasteiger partial charge in [0.15, 0.2) is 6.29 Å². The summed E-state index contributed by atoms with van der Waals surface area (Å²) in [6, 6.07) is 10.7. The molecule has 3 N–H and O–H groups in total. The molecule has 1 amide bonds. The van der Waals surface area contributed by atoms with Gasteiger partial charge in [-0.3, -0.25) is 14.3 Å². The number of aromatic nitrogens is 1. The molecule has 37 heavy (non-hydrogen) atoms. The van der Waals surface area contributed by atoms with Crippen LogP contribution in [-0.4, -0.2) is 58.2 Å². The molecular formula is C27H35N3O5S2. The fourth-order valence-corrected chi connectivity index (χ4v) is 5.42. The number of rotatable bonds is 13. The van der Waals surface area contributed by atoms with Crippen molar-refractivity contribution < 1.29 is 24.2 Å². The molecule has 1 saturated carbocycles. The number of aliphatic hydroxyl groups excluding tert-OH is 1. The highest BCUT2D eigenvalue weighted by atomic mass is 32.2. The van der Waals surface area contributed by atoms with E-state index in [1.165, 1.54) is 11.3 Å². The van der Waals surface area contributed by atoms with Gasteiger partial charge in [0.2, 0.25) is 5.91 Å². The number of phenolic OH excluding ortho intramolecular Hbond substituents is 1. The van der Waals surface area contributed by atoms with E-state index in [4.69, 9.17) is 9.52 Å². The van der Waals surface area contributed by atoms with E-state index >= 15 is 0 Å². The Kier molecular flexibility index (Phi) is 11.2. The summed E-state index contributed by atoms with van der Waals surface area (Å²) in [5.74, 6) is 2.16. The van der Waals surface area contributed by atoms with Crippen molar-refractivity contribution in [1.82, 2.24) is 14.6 Å². The number of aryl methyl sites for hydroxylation is 2. The normalized spacial score (nSPS) is 13.5. The molecule has 1 aromatic carbocycles. The first-order valence-electron chi connectivity index (χ1n) is 12.4. The second kappa shape index (κ2) is 14.3. The summed E-state index contributed by atoms with van der Waals surface area (Å²) in [5, 5.41) is 18.6. The van der Waals surface area contributed by atoms with Gasteiger partial charge in [0.25, 0.3) is 0 Å². The Balaban J connectivity index is 0.000000479. The molecule has 10 heteroatoms. The zero-order valence-corrected chi connectivity index (χ0v) is 22.9. The maximum atomic E-state index is 13.6. The van der Waals surface area contributed by atoms with Gasteiger partial charge in [-0.2, -0.15) is 0 Å². The number of aldehydes is 1. The van der Waals surface area contributed by atoms with Crippen LogP contribution in [0, 0.1) is 6.92 Å². The zero-order valence-electron chi connectivity index (χ0n) is 21.3. The molecule has 0 radical (unpaired) electrons. The summed E-state index contributed by atoms with van der Waals surface area (Å²) < 4.78 is 8.32. The van der Waals surface area contributed by atoms with E-state index in [1.54, 1.807) is 30.3 Å². The van der Waals surface area contributed by atoms with Crippen LogP contribution >= 0.6 is 23.3 Å². The molecular weight excluding hydrogens is 510 g/mol. The highest BCUT2D eigenvalue weighted by molar-refractivity contribution is 7.97. The second-order valence-corrected chi connectivity index (χ2v) is 11.2. The van der Waals surface area contributed by atoms with E-state index < -0.39 is 5.41 Å². The van der Waals surface area contributed by atoms with Gasteiger partial charge in [-0.25, -0.2) is 4.98 Å². The molecule has 0 saturated heterocycles. The van der Waals surface area contributed by atoms with Crippen molar-refractivity contribution in [2.45, 2.75) is 51.0 Å². The van der Waals surface area contributed by atoms with Crippen molar-refractivity contribution in [3.8, 4) is 5.75 Å². The molecule has 1 fully saturated rings. The molecule has 8 nitrogen and oxygen atoms in total. The summed E-state index contributed by atoms with van der Waals surface area (Å²) in [6.07, 6.45) is 6.41. The molecule has 1 aliphatic carbocycles. The molecule has 2 aromatic heterocycles. The average molecular weight is 546 g/mol. The van der Waals surface area contributed by atoms with Crippen LogP contribution in [0.1, 0.15) is 57.4 Å². The number of aliphatic hydroxyl groups is 1. The number of thiazole rings is 1. The number of nitrogens with one attached hydrogen (secondary N) is 1. The van der Waals surface area contributed by atoms with E-state index in [9.17, 15) is 14.7 Å². The molecule has 2 heterocycles. The maximum absolute atomic E-state index is 13.6. The molecule has 0 atom stereocenters. The van der Waals surface area contributed by atoms with Gasteiger partial charge >= 0.3 is 0 Å². The number of amides is 1. The van der Waals surface area contributed by atoms with E-state index in [0.29, 0.717) is 25.4 Å². The topological polar surface area (TPSA) is 116 Å². The number of hydrogen-bond acceptors (Lipinski definition) is 9. The van der Waals surface area contributed by atoms with Crippen LogP contribution in [0.3, 0.4) is 0 Å². The Morgan fingerprint density at radius 3 is 2.59 bits per heavy atom. The lowest BCUT2D eigenvalue weighted by atomic mass is 9.94. The van der Waals surface area contributed by atoms with Crippen LogP contribution in [0.25, 0.3) is 0 Å². The first-order chi connectivity index (χ1) is 17.9. The lowest BCUT2D eigenvalue weighted by Crippen LogP contribution is -2.39. The summed E-state index contributed by atoms with van der Waals surface area (Å²) in [7, 11) is 1.88. The van der Waals surface area contributed by atoms with E-state index in [1.807, 2.05) is 43.1 Å².